The van der Waals surface area contributed by atoms with Crippen LogP contribution in [0.4, 0.5) is 4.39 Å². The van der Waals surface area contributed by atoms with Crippen LogP contribution in [-0.2, 0) is 0 Å². The van der Waals surface area contributed by atoms with Crippen molar-refractivity contribution >= 4 is 0 Å². The molecule has 3 heteroatoms. The van der Waals surface area contributed by atoms with Crippen LogP contribution in [0.2, 0.25) is 0 Å². The highest BCUT2D eigenvalue weighted by molar-refractivity contribution is 5.28. The summed E-state index contributed by atoms with van der Waals surface area (Å²) in [5.41, 5.74) is 1.55. The molecule has 0 aromatic heterocycles. The zero-order chi connectivity index (χ0) is 14.4. The second-order valence-electron chi connectivity index (χ2n) is 4.66. The third-order valence-electron chi connectivity index (χ3n) is 3.10. The molecule has 20 heavy (non-hydrogen) atoms. The molecule has 2 rings (SSSR count). The molecule has 0 saturated heterocycles. The third-order valence-corrected chi connectivity index (χ3v) is 3.10. The van der Waals surface area contributed by atoms with Crippen LogP contribution >= 0.6 is 0 Å². The molecule has 0 saturated carbocycles. The average Bonchev–Trinajstić information content (AvgIpc) is 2.45. The maximum atomic E-state index is 13.6. The van der Waals surface area contributed by atoms with E-state index in [1.54, 1.807) is 18.2 Å². The van der Waals surface area contributed by atoms with Gasteiger partial charge in [-0.25, -0.2) is 4.39 Å². The van der Waals surface area contributed by atoms with Gasteiger partial charge >= 0.3 is 0 Å². The average molecular weight is 269 g/mol. The van der Waals surface area contributed by atoms with E-state index in [1.807, 2.05) is 31.2 Å². The van der Waals surface area contributed by atoms with Gasteiger partial charge in [0.1, 0.15) is 11.6 Å². The van der Waals surface area contributed by atoms with Crippen LogP contribution in [0.3, 0.4) is 0 Å². The number of aryl methyl sites for hydroxylation is 1. The summed E-state index contributed by atoms with van der Waals surface area (Å²) in [5, 5.41) is 9.17. The van der Waals surface area contributed by atoms with Gasteiger partial charge in [-0.2, -0.15) is 5.26 Å². The Balaban J connectivity index is 1.96. The molecule has 0 amide bonds. The maximum absolute atomic E-state index is 13.6. The van der Waals surface area contributed by atoms with Crippen molar-refractivity contribution in [1.82, 2.24) is 0 Å². The van der Waals surface area contributed by atoms with E-state index in [0.29, 0.717) is 18.6 Å². The normalized spacial score (nSPS) is 11.7. The summed E-state index contributed by atoms with van der Waals surface area (Å²) < 4.78 is 19.2. The summed E-state index contributed by atoms with van der Waals surface area (Å²) in [6, 6.07) is 16.2. The first kappa shape index (κ1) is 14.1. The van der Waals surface area contributed by atoms with Crippen molar-refractivity contribution in [3.63, 3.8) is 0 Å². The molecule has 0 heterocycles. The Morgan fingerprint density at radius 3 is 2.70 bits per heavy atom. The Kier molecular flexibility index (Phi) is 4.73. The molecule has 0 aliphatic carbocycles. The fraction of sp³-hybridized carbons (Fsp3) is 0.235. The quantitative estimate of drug-likeness (QED) is 0.814. The van der Waals surface area contributed by atoms with Crippen LogP contribution in [0.5, 0.6) is 5.75 Å². The lowest BCUT2D eigenvalue weighted by Gasteiger charge is -2.11. The minimum absolute atomic E-state index is 0.338. The van der Waals surface area contributed by atoms with Crippen molar-refractivity contribution in [1.29, 1.82) is 5.26 Å². The van der Waals surface area contributed by atoms with Crippen molar-refractivity contribution in [3.8, 4) is 11.8 Å². The first-order chi connectivity index (χ1) is 9.70. The topological polar surface area (TPSA) is 33.0 Å². The number of ether oxygens (including phenoxy) is 1. The lowest BCUT2D eigenvalue weighted by molar-refractivity contribution is 0.305. The summed E-state index contributed by atoms with van der Waals surface area (Å²) in [6.45, 7) is 2.38. The standard InChI is InChI=1S/C17H16FNO/c1-13-5-4-6-15(11-13)20-10-9-14(12-19)16-7-2-3-8-17(16)18/h2-8,11,14H,9-10H2,1H3. The van der Waals surface area contributed by atoms with Gasteiger partial charge in [-0.15, -0.1) is 0 Å². The van der Waals surface area contributed by atoms with E-state index >= 15 is 0 Å². The van der Waals surface area contributed by atoms with Crippen LogP contribution in [0.1, 0.15) is 23.5 Å². The van der Waals surface area contributed by atoms with Crippen molar-refractivity contribution in [2.75, 3.05) is 6.61 Å². The Morgan fingerprint density at radius 2 is 2.00 bits per heavy atom. The lowest BCUT2D eigenvalue weighted by Crippen LogP contribution is -2.06. The summed E-state index contributed by atoms with van der Waals surface area (Å²) in [4.78, 5) is 0. The fourth-order valence-corrected chi connectivity index (χ4v) is 2.05. The Labute approximate surface area is 118 Å². The monoisotopic (exact) mass is 269 g/mol. The molecule has 1 unspecified atom stereocenters. The highest BCUT2D eigenvalue weighted by atomic mass is 19.1. The predicted molar refractivity (Wildman–Crippen MR) is 76.0 cm³/mol. The summed E-state index contributed by atoms with van der Waals surface area (Å²) in [7, 11) is 0. The first-order valence-electron chi connectivity index (χ1n) is 6.54. The van der Waals surface area contributed by atoms with E-state index in [1.165, 1.54) is 6.07 Å². The number of nitriles is 1. The van der Waals surface area contributed by atoms with Gasteiger partial charge in [-0.05, 0) is 30.7 Å². The van der Waals surface area contributed by atoms with E-state index in [0.717, 1.165) is 11.3 Å². The Bertz CT molecular complexity index is 618. The molecule has 2 nitrogen and oxygen atoms in total. The van der Waals surface area contributed by atoms with Gasteiger partial charge < -0.3 is 4.74 Å². The van der Waals surface area contributed by atoms with Crippen molar-refractivity contribution in [3.05, 3.63) is 65.5 Å². The molecular formula is C17H16FNO. The second kappa shape index (κ2) is 6.72. The number of hydrogen-bond donors (Lipinski definition) is 0. The van der Waals surface area contributed by atoms with E-state index in [4.69, 9.17) is 4.74 Å². The van der Waals surface area contributed by atoms with Crippen molar-refractivity contribution in [2.24, 2.45) is 0 Å². The van der Waals surface area contributed by atoms with Gasteiger partial charge in [0.2, 0.25) is 0 Å². The summed E-state index contributed by atoms with van der Waals surface area (Å²) >= 11 is 0. The molecule has 0 radical (unpaired) electrons. The molecule has 0 spiro atoms. The molecule has 0 fully saturated rings. The molecule has 0 bridgehead atoms. The van der Waals surface area contributed by atoms with E-state index in [2.05, 4.69) is 6.07 Å². The number of nitrogens with zero attached hydrogens (tertiary/aromatic N) is 1. The third kappa shape index (κ3) is 3.58. The zero-order valence-corrected chi connectivity index (χ0v) is 11.3. The molecule has 0 aliphatic rings. The van der Waals surface area contributed by atoms with Crippen LogP contribution in [-0.4, -0.2) is 6.61 Å². The molecule has 2 aromatic carbocycles. The molecule has 2 aromatic rings. The minimum Gasteiger partial charge on any atom is -0.494 e. The molecule has 1 atom stereocenters. The molecule has 0 aliphatic heterocycles. The van der Waals surface area contributed by atoms with Gasteiger partial charge in [0.25, 0.3) is 0 Å². The summed E-state index contributed by atoms with van der Waals surface area (Å²) in [5.74, 6) is -0.0501. The van der Waals surface area contributed by atoms with Gasteiger partial charge in [-0.3, -0.25) is 0 Å². The largest absolute Gasteiger partial charge is 0.494 e. The zero-order valence-electron chi connectivity index (χ0n) is 11.3. The number of benzene rings is 2. The van der Waals surface area contributed by atoms with Crippen LogP contribution in [0.25, 0.3) is 0 Å². The number of hydrogen-bond acceptors (Lipinski definition) is 2. The maximum Gasteiger partial charge on any atom is 0.127 e. The molecule has 0 N–H and O–H groups in total. The van der Waals surface area contributed by atoms with Gasteiger partial charge in [0, 0.05) is 12.0 Å². The number of rotatable bonds is 5. The lowest BCUT2D eigenvalue weighted by atomic mass is 9.97. The smallest absolute Gasteiger partial charge is 0.127 e. The van der Waals surface area contributed by atoms with Crippen LogP contribution in [0.15, 0.2) is 48.5 Å². The van der Waals surface area contributed by atoms with Gasteiger partial charge in [0.05, 0.1) is 18.6 Å². The van der Waals surface area contributed by atoms with E-state index < -0.39 is 5.92 Å². The van der Waals surface area contributed by atoms with Crippen molar-refractivity contribution < 1.29 is 9.13 Å². The van der Waals surface area contributed by atoms with E-state index in [9.17, 15) is 9.65 Å². The van der Waals surface area contributed by atoms with E-state index in [-0.39, 0.29) is 5.82 Å². The molecular weight excluding hydrogens is 253 g/mol. The van der Waals surface area contributed by atoms with Crippen LogP contribution < -0.4 is 4.74 Å². The first-order valence-corrected chi connectivity index (χ1v) is 6.54. The Morgan fingerprint density at radius 1 is 1.20 bits per heavy atom. The Hall–Kier alpha value is -2.34. The second-order valence-corrected chi connectivity index (χ2v) is 4.66. The molecule has 102 valence electrons. The van der Waals surface area contributed by atoms with Gasteiger partial charge in [-0.1, -0.05) is 30.3 Å². The predicted octanol–water partition coefficient (Wildman–Crippen LogP) is 4.21. The minimum atomic E-state index is -0.485. The highest BCUT2D eigenvalue weighted by Crippen LogP contribution is 2.22. The summed E-state index contributed by atoms with van der Waals surface area (Å²) in [6.07, 6.45) is 0.464. The van der Waals surface area contributed by atoms with Gasteiger partial charge in [0.15, 0.2) is 0 Å². The fourth-order valence-electron chi connectivity index (χ4n) is 2.05. The number of halogens is 1. The van der Waals surface area contributed by atoms with Crippen molar-refractivity contribution in [2.45, 2.75) is 19.3 Å². The SMILES string of the molecule is Cc1cccc(OCCC(C#N)c2ccccc2F)c1. The highest BCUT2D eigenvalue weighted by Gasteiger charge is 2.14. The van der Waals surface area contributed by atoms with Crippen LogP contribution in [0, 0.1) is 24.1 Å².